The van der Waals surface area contributed by atoms with Crippen LogP contribution in [0.15, 0.2) is 29.2 Å². The Morgan fingerprint density at radius 3 is 2.56 bits per heavy atom. The highest BCUT2D eigenvalue weighted by Gasteiger charge is 2.15. The molecule has 0 atom stereocenters. The van der Waals surface area contributed by atoms with E-state index in [0.717, 1.165) is 0 Å². The monoisotopic (exact) mass is 270 g/mol. The Morgan fingerprint density at radius 2 is 1.94 bits per heavy atom. The third kappa shape index (κ3) is 3.73. The zero-order valence-corrected chi connectivity index (χ0v) is 11.4. The van der Waals surface area contributed by atoms with E-state index in [4.69, 9.17) is 0 Å². The lowest BCUT2D eigenvalue weighted by molar-refractivity contribution is -0.120. The van der Waals surface area contributed by atoms with Gasteiger partial charge in [-0.2, -0.15) is 0 Å². The van der Waals surface area contributed by atoms with Gasteiger partial charge in [-0.05, 0) is 12.1 Å². The van der Waals surface area contributed by atoms with Crippen LogP contribution in [0.3, 0.4) is 0 Å². The Labute approximate surface area is 108 Å². The maximum Gasteiger partial charge on any atom is 0.221 e. The van der Waals surface area contributed by atoms with Crippen molar-refractivity contribution in [1.29, 1.82) is 0 Å². The zero-order chi connectivity index (χ0) is 13.6. The smallest absolute Gasteiger partial charge is 0.221 e. The number of anilines is 1. The minimum atomic E-state index is -3.25. The van der Waals surface area contributed by atoms with Crippen LogP contribution >= 0.6 is 0 Å². The Hall–Kier alpha value is -1.56. The number of carbonyl (C=O) groups is 1. The molecular formula is C12H18N2O3S. The molecule has 0 saturated heterocycles. The first-order valence-electron chi connectivity index (χ1n) is 5.77. The molecule has 0 aliphatic heterocycles. The Bertz CT molecular complexity index is 512. The van der Waals surface area contributed by atoms with E-state index in [1.54, 1.807) is 38.2 Å². The zero-order valence-electron chi connectivity index (χ0n) is 10.6. The number of hydrogen-bond donors (Lipinski definition) is 2. The van der Waals surface area contributed by atoms with E-state index in [0.29, 0.717) is 18.7 Å². The van der Waals surface area contributed by atoms with Crippen LogP contribution in [0.5, 0.6) is 0 Å². The molecule has 0 spiro atoms. The summed E-state index contributed by atoms with van der Waals surface area (Å²) in [6, 6.07) is 6.72. The maximum absolute atomic E-state index is 11.9. The number of carbonyl (C=O) groups excluding carboxylic acids is 1. The van der Waals surface area contributed by atoms with Crippen molar-refractivity contribution in [3.05, 3.63) is 24.3 Å². The van der Waals surface area contributed by atoms with Crippen LogP contribution in [-0.4, -0.2) is 33.7 Å². The summed E-state index contributed by atoms with van der Waals surface area (Å²) < 4.78 is 23.7. The lowest BCUT2D eigenvalue weighted by Gasteiger charge is -2.11. The fourth-order valence-corrected chi connectivity index (χ4v) is 2.55. The lowest BCUT2D eigenvalue weighted by atomic mass is 10.3. The first-order valence-corrected chi connectivity index (χ1v) is 7.42. The van der Waals surface area contributed by atoms with Crippen LogP contribution in [-0.2, 0) is 14.6 Å². The molecule has 2 N–H and O–H groups in total. The molecule has 1 aromatic rings. The van der Waals surface area contributed by atoms with Crippen molar-refractivity contribution in [2.45, 2.75) is 18.2 Å². The van der Waals surface area contributed by atoms with Crippen LogP contribution in [0, 0.1) is 0 Å². The second kappa shape index (κ2) is 6.39. The molecule has 0 aliphatic rings. The van der Waals surface area contributed by atoms with Crippen LogP contribution in [0.1, 0.15) is 13.3 Å². The summed E-state index contributed by atoms with van der Waals surface area (Å²) >= 11 is 0. The molecule has 0 unspecified atom stereocenters. The number of sulfone groups is 1. The summed E-state index contributed by atoms with van der Waals surface area (Å²) in [5.41, 5.74) is 0.545. The minimum absolute atomic E-state index is 0.0567. The summed E-state index contributed by atoms with van der Waals surface area (Å²) in [5, 5.41) is 5.49. The summed E-state index contributed by atoms with van der Waals surface area (Å²) in [6.07, 6.45) is 0.303. The predicted octanol–water partition coefficient (Wildman–Crippen LogP) is 1.03. The van der Waals surface area contributed by atoms with Gasteiger partial charge in [0.1, 0.15) is 0 Å². The van der Waals surface area contributed by atoms with Crippen LogP contribution in [0.25, 0.3) is 0 Å². The van der Waals surface area contributed by atoms with Gasteiger partial charge in [0.2, 0.25) is 5.91 Å². The molecule has 0 heterocycles. The second-order valence-corrected chi connectivity index (χ2v) is 6.00. The first kappa shape index (κ1) is 14.5. The van der Waals surface area contributed by atoms with E-state index in [2.05, 4.69) is 10.6 Å². The van der Waals surface area contributed by atoms with Crippen molar-refractivity contribution < 1.29 is 13.2 Å². The van der Waals surface area contributed by atoms with E-state index >= 15 is 0 Å². The summed E-state index contributed by atoms with van der Waals surface area (Å²) in [7, 11) is -1.68. The fourth-order valence-electron chi connectivity index (χ4n) is 1.48. The number of amides is 1. The molecule has 0 saturated carbocycles. The van der Waals surface area contributed by atoms with Crippen LogP contribution in [0.2, 0.25) is 0 Å². The highest BCUT2D eigenvalue weighted by atomic mass is 32.2. The van der Waals surface area contributed by atoms with E-state index in [9.17, 15) is 13.2 Å². The summed E-state index contributed by atoms with van der Waals surface area (Å²) in [5.74, 6) is -0.0282. The highest BCUT2D eigenvalue weighted by Crippen LogP contribution is 2.21. The normalized spacial score (nSPS) is 11.0. The van der Waals surface area contributed by atoms with Gasteiger partial charge in [-0.15, -0.1) is 0 Å². The first-order chi connectivity index (χ1) is 8.51. The van der Waals surface area contributed by atoms with Gasteiger partial charge in [0.15, 0.2) is 9.84 Å². The van der Waals surface area contributed by atoms with E-state index in [1.165, 1.54) is 0 Å². The number of hydrogen-bond acceptors (Lipinski definition) is 4. The maximum atomic E-state index is 11.9. The minimum Gasteiger partial charge on any atom is -0.383 e. The quantitative estimate of drug-likeness (QED) is 0.809. The molecule has 1 rings (SSSR count). The standard InChI is InChI=1S/C12H18N2O3S/c1-3-18(16,17)11-7-5-4-6-10(11)14-9-8-12(15)13-2/h4-7,14H,3,8-9H2,1-2H3,(H,13,15). The van der Waals surface area contributed by atoms with Crippen molar-refractivity contribution in [1.82, 2.24) is 5.32 Å². The topological polar surface area (TPSA) is 75.3 Å². The SMILES string of the molecule is CCS(=O)(=O)c1ccccc1NCCC(=O)NC. The van der Waals surface area contributed by atoms with Crippen molar-refractivity contribution in [3.63, 3.8) is 0 Å². The van der Waals surface area contributed by atoms with Crippen molar-refractivity contribution in [2.75, 3.05) is 24.7 Å². The van der Waals surface area contributed by atoms with Gasteiger partial charge in [0.05, 0.1) is 16.3 Å². The average molecular weight is 270 g/mol. The molecule has 0 bridgehead atoms. The van der Waals surface area contributed by atoms with E-state index < -0.39 is 9.84 Å². The van der Waals surface area contributed by atoms with Gasteiger partial charge in [-0.3, -0.25) is 4.79 Å². The fraction of sp³-hybridized carbons (Fsp3) is 0.417. The van der Waals surface area contributed by atoms with Gasteiger partial charge < -0.3 is 10.6 Å². The van der Waals surface area contributed by atoms with Crippen molar-refractivity contribution in [2.24, 2.45) is 0 Å². The predicted molar refractivity (Wildman–Crippen MR) is 71.3 cm³/mol. The van der Waals surface area contributed by atoms with Gasteiger partial charge >= 0.3 is 0 Å². The highest BCUT2D eigenvalue weighted by molar-refractivity contribution is 7.91. The van der Waals surface area contributed by atoms with Crippen molar-refractivity contribution in [3.8, 4) is 0 Å². The number of para-hydroxylation sites is 1. The molecule has 0 aromatic heterocycles. The van der Waals surface area contributed by atoms with Crippen LogP contribution < -0.4 is 10.6 Å². The largest absolute Gasteiger partial charge is 0.383 e. The molecule has 6 heteroatoms. The van der Waals surface area contributed by atoms with Gasteiger partial charge in [-0.25, -0.2) is 8.42 Å². The molecule has 5 nitrogen and oxygen atoms in total. The van der Waals surface area contributed by atoms with Gasteiger partial charge in [0, 0.05) is 20.0 Å². The van der Waals surface area contributed by atoms with Gasteiger partial charge in [-0.1, -0.05) is 19.1 Å². The van der Waals surface area contributed by atoms with Gasteiger partial charge in [0.25, 0.3) is 0 Å². The second-order valence-electron chi connectivity index (χ2n) is 3.75. The number of benzene rings is 1. The number of nitrogens with one attached hydrogen (secondary N) is 2. The molecule has 1 amide bonds. The van der Waals surface area contributed by atoms with E-state index in [1.807, 2.05) is 0 Å². The summed E-state index contributed by atoms with van der Waals surface area (Å²) in [4.78, 5) is 11.4. The lowest BCUT2D eigenvalue weighted by Crippen LogP contribution is -2.21. The molecule has 0 radical (unpaired) electrons. The molecular weight excluding hydrogens is 252 g/mol. The van der Waals surface area contributed by atoms with Crippen molar-refractivity contribution >= 4 is 21.4 Å². The third-order valence-electron chi connectivity index (χ3n) is 2.55. The summed E-state index contributed by atoms with van der Waals surface area (Å²) in [6.45, 7) is 2.01. The molecule has 0 fully saturated rings. The molecule has 1 aromatic carbocycles. The van der Waals surface area contributed by atoms with E-state index in [-0.39, 0.29) is 16.6 Å². The van der Waals surface area contributed by atoms with Crippen LogP contribution in [0.4, 0.5) is 5.69 Å². The average Bonchev–Trinajstić information content (AvgIpc) is 2.39. The Balaban J connectivity index is 2.81. The Morgan fingerprint density at radius 1 is 1.28 bits per heavy atom. The third-order valence-corrected chi connectivity index (χ3v) is 4.33. The molecule has 18 heavy (non-hydrogen) atoms. The Kier molecular flexibility index (Phi) is 5.15. The number of rotatable bonds is 6. The molecule has 0 aliphatic carbocycles. The molecule has 100 valence electrons.